The zero-order chi connectivity index (χ0) is 12.5. The first-order chi connectivity index (χ1) is 8.74. The molecule has 0 unspecified atom stereocenters. The molecule has 0 saturated heterocycles. The van der Waals surface area contributed by atoms with Gasteiger partial charge in [0, 0.05) is 16.6 Å². The topological polar surface area (TPSA) is 17.3 Å². The molecule has 2 heterocycles. The van der Waals surface area contributed by atoms with Crippen LogP contribution in [0.5, 0.6) is 0 Å². The van der Waals surface area contributed by atoms with Crippen molar-refractivity contribution < 1.29 is 0 Å². The van der Waals surface area contributed by atoms with Crippen LogP contribution in [0, 0.1) is 6.92 Å². The van der Waals surface area contributed by atoms with Gasteiger partial charge in [0.2, 0.25) is 0 Å². The number of aryl methyl sites for hydroxylation is 1. The molecule has 0 aliphatic rings. The van der Waals surface area contributed by atoms with Crippen molar-refractivity contribution in [2.45, 2.75) is 13.3 Å². The van der Waals surface area contributed by atoms with Crippen molar-refractivity contribution in [1.29, 1.82) is 0 Å². The van der Waals surface area contributed by atoms with Gasteiger partial charge >= 0.3 is 0 Å². The molecule has 0 bridgehead atoms. The van der Waals surface area contributed by atoms with Crippen LogP contribution in [0.2, 0.25) is 0 Å². The molecule has 3 aromatic rings. The van der Waals surface area contributed by atoms with Crippen molar-refractivity contribution in [1.82, 2.24) is 9.38 Å². The molecule has 2 nitrogen and oxygen atoms in total. The van der Waals surface area contributed by atoms with Gasteiger partial charge in [-0.1, -0.05) is 34.1 Å². The Bertz CT molecular complexity index is 683. The third-order valence-electron chi connectivity index (χ3n) is 3.09. The lowest BCUT2D eigenvalue weighted by molar-refractivity contribution is 0.932. The molecular weight excluding hydrogens is 288 g/mol. The van der Waals surface area contributed by atoms with E-state index < -0.39 is 0 Å². The van der Waals surface area contributed by atoms with E-state index in [1.54, 1.807) is 0 Å². The maximum absolute atomic E-state index is 4.53. The second-order valence-electron chi connectivity index (χ2n) is 4.41. The van der Waals surface area contributed by atoms with Crippen LogP contribution < -0.4 is 0 Å². The van der Waals surface area contributed by atoms with E-state index >= 15 is 0 Å². The number of rotatable bonds is 2. The Morgan fingerprint density at radius 3 is 2.67 bits per heavy atom. The Balaban J connectivity index is 2.02. The van der Waals surface area contributed by atoms with E-state index in [-0.39, 0.29) is 0 Å². The van der Waals surface area contributed by atoms with Crippen molar-refractivity contribution >= 4 is 21.4 Å². The fraction of sp³-hybridized carbons (Fsp3) is 0.133. The normalized spacial score (nSPS) is 11.0. The van der Waals surface area contributed by atoms with Crippen LogP contribution in [-0.4, -0.2) is 9.38 Å². The van der Waals surface area contributed by atoms with Gasteiger partial charge in [-0.25, -0.2) is 4.98 Å². The van der Waals surface area contributed by atoms with Crippen LogP contribution >= 0.6 is 15.9 Å². The zero-order valence-corrected chi connectivity index (χ0v) is 11.7. The van der Waals surface area contributed by atoms with Gasteiger partial charge in [-0.3, -0.25) is 0 Å². The minimum atomic E-state index is 0.853. The van der Waals surface area contributed by atoms with Crippen LogP contribution in [0.1, 0.15) is 17.1 Å². The average Bonchev–Trinajstić information content (AvgIpc) is 2.77. The molecule has 0 aliphatic heterocycles. The molecule has 0 radical (unpaired) electrons. The summed E-state index contributed by atoms with van der Waals surface area (Å²) in [5, 5.41) is 0. The van der Waals surface area contributed by atoms with Gasteiger partial charge in [-0.2, -0.15) is 0 Å². The molecule has 1 aromatic carbocycles. The fourth-order valence-electron chi connectivity index (χ4n) is 2.20. The molecule has 3 rings (SSSR count). The lowest BCUT2D eigenvalue weighted by Gasteiger charge is -2.05. The summed E-state index contributed by atoms with van der Waals surface area (Å²) in [6.07, 6.45) is 2.79. The van der Waals surface area contributed by atoms with E-state index in [2.05, 4.69) is 74.7 Å². The van der Waals surface area contributed by atoms with Crippen LogP contribution in [-0.2, 0) is 6.42 Å². The molecule has 18 heavy (non-hydrogen) atoms. The summed E-state index contributed by atoms with van der Waals surface area (Å²) in [6.45, 7) is 2.11. The first kappa shape index (κ1) is 11.5. The minimum Gasteiger partial charge on any atom is -0.301 e. The Kier molecular flexibility index (Phi) is 2.92. The van der Waals surface area contributed by atoms with Gasteiger partial charge in [0.05, 0.1) is 11.7 Å². The summed E-state index contributed by atoms with van der Waals surface area (Å²) < 4.78 is 3.32. The predicted octanol–water partition coefficient (Wildman–Crippen LogP) is 4.00. The summed E-state index contributed by atoms with van der Waals surface area (Å²) in [5.74, 6) is 1.09. The van der Waals surface area contributed by atoms with Crippen molar-refractivity contribution in [2.24, 2.45) is 0 Å². The standard InChI is InChI=1S/C15H13BrN2/c1-11-3-2-4-14-10-17-15(18(11)14)9-12-5-7-13(16)8-6-12/h2-8,10H,9H2,1H3. The highest BCUT2D eigenvalue weighted by Crippen LogP contribution is 2.16. The number of hydrogen-bond donors (Lipinski definition) is 0. The summed E-state index contributed by atoms with van der Waals surface area (Å²) in [6, 6.07) is 14.7. The maximum atomic E-state index is 4.53. The Labute approximate surface area is 114 Å². The number of nitrogens with zero attached hydrogens (tertiary/aromatic N) is 2. The molecule has 0 atom stereocenters. The van der Waals surface area contributed by atoms with E-state index in [0.717, 1.165) is 22.2 Å². The molecule has 0 spiro atoms. The van der Waals surface area contributed by atoms with Gasteiger partial charge in [-0.15, -0.1) is 0 Å². The Hall–Kier alpha value is -1.61. The summed E-state index contributed by atoms with van der Waals surface area (Å²) in [4.78, 5) is 4.53. The molecule has 0 N–H and O–H groups in total. The van der Waals surface area contributed by atoms with Crippen molar-refractivity contribution in [3.63, 3.8) is 0 Å². The van der Waals surface area contributed by atoms with E-state index in [4.69, 9.17) is 0 Å². The van der Waals surface area contributed by atoms with Crippen LogP contribution in [0.3, 0.4) is 0 Å². The monoisotopic (exact) mass is 300 g/mol. The van der Waals surface area contributed by atoms with E-state index in [1.807, 2.05) is 6.20 Å². The average molecular weight is 301 g/mol. The zero-order valence-electron chi connectivity index (χ0n) is 10.1. The number of benzene rings is 1. The van der Waals surface area contributed by atoms with Crippen molar-refractivity contribution in [2.75, 3.05) is 0 Å². The van der Waals surface area contributed by atoms with E-state index in [0.29, 0.717) is 0 Å². The predicted molar refractivity (Wildman–Crippen MR) is 76.9 cm³/mol. The number of aromatic nitrogens is 2. The highest BCUT2D eigenvalue weighted by atomic mass is 79.9. The minimum absolute atomic E-state index is 0.853. The summed E-state index contributed by atoms with van der Waals surface area (Å²) in [5.41, 5.74) is 3.65. The molecule has 3 heteroatoms. The second kappa shape index (κ2) is 4.58. The molecule has 0 amide bonds. The molecule has 0 fully saturated rings. The molecule has 0 aliphatic carbocycles. The Morgan fingerprint density at radius 1 is 1.11 bits per heavy atom. The number of hydrogen-bond acceptors (Lipinski definition) is 1. The van der Waals surface area contributed by atoms with Crippen molar-refractivity contribution in [3.8, 4) is 0 Å². The highest BCUT2D eigenvalue weighted by Gasteiger charge is 2.06. The lowest BCUT2D eigenvalue weighted by Crippen LogP contribution is -1.99. The number of halogens is 1. The summed E-state index contributed by atoms with van der Waals surface area (Å²) >= 11 is 3.45. The molecule has 0 saturated carbocycles. The van der Waals surface area contributed by atoms with Gasteiger partial charge in [0.25, 0.3) is 0 Å². The maximum Gasteiger partial charge on any atom is 0.117 e. The van der Waals surface area contributed by atoms with E-state index in [1.165, 1.54) is 11.3 Å². The van der Waals surface area contributed by atoms with Crippen LogP contribution in [0.25, 0.3) is 5.52 Å². The molecule has 2 aromatic heterocycles. The lowest BCUT2D eigenvalue weighted by atomic mass is 10.1. The smallest absolute Gasteiger partial charge is 0.117 e. The van der Waals surface area contributed by atoms with Crippen LogP contribution in [0.4, 0.5) is 0 Å². The van der Waals surface area contributed by atoms with Crippen molar-refractivity contribution in [3.05, 3.63) is 70.2 Å². The summed E-state index contributed by atoms with van der Waals surface area (Å²) in [7, 11) is 0. The van der Waals surface area contributed by atoms with Gasteiger partial charge < -0.3 is 4.40 Å². The van der Waals surface area contributed by atoms with Gasteiger partial charge in [0.1, 0.15) is 5.82 Å². The first-order valence-corrected chi connectivity index (χ1v) is 6.70. The molecule has 90 valence electrons. The Morgan fingerprint density at radius 2 is 1.89 bits per heavy atom. The van der Waals surface area contributed by atoms with Gasteiger partial charge in [-0.05, 0) is 36.8 Å². The third kappa shape index (κ3) is 2.06. The SMILES string of the molecule is Cc1cccc2cnc(Cc3ccc(Br)cc3)n12. The van der Waals surface area contributed by atoms with E-state index in [9.17, 15) is 0 Å². The quantitative estimate of drug-likeness (QED) is 0.699. The number of imidazole rings is 1. The highest BCUT2D eigenvalue weighted by molar-refractivity contribution is 9.10. The fourth-order valence-corrected chi connectivity index (χ4v) is 2.46. The first-order valence-electron chi connectivity index (χ1n) is 5.90. The number of pyridine rings is 1. The van der Waals surface area contributed by atoms with Crippen LogP contribution in [0.15, 0.2) is 53.1 Å². The molecular formula is C15H13BrN2. The number of fused-ring (bicyclic) bond motifs is 1. The third-order valence-corrected chi connectivity index (χ3v) is 3.62. The second-order valence-corrected chi connectivity index (χ2v) is 5.32. The van der Waals surface area contributed by atoms with Gasteiger partial charge in [0.15, 0.2) is 0 Å². The largest absolute Gasteiger partial charge is 0.301 e.